The predicted octanol–water partition coefficient (Wildman–Crippen LogP) is 1.16. The maximum Gasteiger partial charge on any atom is 0.0139 e. The monoisotopic (exact) mass is 188 g/mol. The van der Waals surface area contributed by atoms with Crippen molar-refractivity contribution in [3.05, 3.63) is 0 Å². The first-order valence-corrected chi connectivity index (χ1v) is 5.89. The zero-order valence-corrected chi connectivity index (χ0v) is 8.94. The lowest BCUT2D eigenvalue weighted by atomic mass is 10.1. The van der Waals surface area contributed by atoms with E-state index in [1.54, 1.807) is 0 Å². The molecule has 0 aromatic rings. The van der Waals surface area contributed by atoms with Gasteiger partial charge >= 0.3 is 0 Å². The molecule has 1 saturated heterocycles. The summed E-state index contributed by atoms with van der Waals surface area (Å²) in [6.07, 6.45) is 2.68. The first-order valence-electron chi connectivity index (χ1n) is 4.73. The Morgan fingerprint density at radius 1 is 1.50 bits per heavy atom. The molecule has 12 heavy (non-hydrogen) atoms. The highest BCUT2D eigenvalue weighted by Crippen LogP contribution is 2.20. The Balaban J connectivity index is 2.24. The van der Waals surface area contributed by atoms with Gasteiger partial charge in [0.15, 0.2) is 0 Å². The van der Waals surface area contributed by atoms with Crippen molar-refractivity contribution in [2.45, 2.75) is 31.8 Å². The lowest BCUT2D eigenvalue weighted by molar-refractivity contribution is 0.220. The Hall–Kier alpha value is 0.270. The first kappa shape index (κ1) is 10.4. The molecule has 2 N–H and O–H groups in total. The highest BCUT2D eigenvalue weighted by atomic mass is 32.2. The minimum atomic E-state index is 0.310. The Bertz CT molecular complexity index is 122. The van der Waals surface area contributed by atoms with E-state index in [1.165, 1.54) is 24.3 Å². The fourth-order valence-corrected chi connectivity index (χ4v) is 2.81. The predicted molar refractivity (Wildman–Crippen MR) is 56.6 cm³/mol. The molecule has 1 heterocycles. The van der Waals surface area contributed by atoms with Crippen molar-refractivity contribution in [1.82, 2.24) is 4.90 Å². The fraction of sp³-hybridized carbons (Fsp3) is 1.00. The van der Waals surface area contributed by atoms with Crippen molar-refractivity contribution >= 4 is 11.8 Å². The van der Waals surface area contributed by atoms with Crippen molar-refractivity contribution in [2.24, 2.45) is 5.73 Å². The third kappa shape index (κ3) is 3.33. The fourth-order valence-electron chi connectivity index (χ4n) is 1.73. The molecule has 0 aliphatic carbocycles. The Morgan fingerprint density at radius 3 is 2.58 bits per heavy atom. The molecule has 1 unspecified atom stereocenters. The van der Waals surface area contributed by atoms with E-state index >= 15 is 0 Å². The molecular weight excluding hydrogens is 168 g/mol. The van der Waals surface area contributed by atoms with Crippen molar-refractivity contribution in [1.29, 1.82) is 0 Å². The zero-order chi connectivity index (χ0) is 8.97. The summed E-state index contributed by atoms with van der Waals surface area (Å²) in [6.45, 7) is 3.11. The van der Waals surface area contributed by atoms with Gasteiger partial charge in [-0.25, -0.2) is 0 Å². The number of thioether (sulfide) groups is 1. The molecule has 72 valence electrons. The molecule has 1 atom stereocenters. The smallest absolute Gasteiger partial charge is 0.0139 e. The lowest BCUT2D eigenvalue weighted by Gasteiger charge is -2.31. The summed E-state index contributed by atoms with van der Waals surface area (Å²) in [4.78, 5) is 2.42. The van der Waals surface area contributed by atoms with Crippen LogP contribution in [0.1, 0.15) is 19.8 Å². The number of nitrogens with two attached hydrogens (primary N) is 1. The Morgan fingerprint density at radius 2 is 2.08 bits per heavy atom. The average Bonchev–Trinajstić information content (AvgIpc) is 2.05. The molecule has 1 fully saturated rings. The molecule has 1 rings (SSSR count). The molecule has 0 spiro atoms. The Kier molecular flexibility index (Phi) is 4.40. The minimum absolute atomic E-state index is 0.310. The molecule has 0 saturated carbocycles. The summed E-state index contributed by atoms with van der Waals surface area (Å²) in [5.41, 5.74) is 5.75. The van der Waals surface area contributed by atoms with Crippen LogP contribution in [0.15, 0.2) is 0 Å². The van der Waals surface area contributed by atoms with Crippen LogP contribution < -0.4 is 5.73 Å². The molecule has 0 aromatic heterocycles. The van der Waals surface area contributed by atoms with Crippen LogP contribution in [-0.4, -0.2) is 42.1 Å². The second kappa shape index (κ2) is 5.10. The van der Waals surface area contributed by atoms with Gasteiger partial charge < -0.3 is 10.6 Å². The molecule has 1 aliphatic rings. The van der Waals surface area contributed by atoms with Gasteiger partial charge in [0.05, 0.1) is 0 Å². The van der Waals surface area contributed by atoms with E-state index in [0.29, 0.717) is 6.04 Å². The van der Waals surface area contributed by atoms with Crippen LogP contribution in [0.4, 0.5) is 0 Å². The van der Waals surface area contributed by atoms with Crippen LogP contribution >= 0.6 is 11.8 Å². The van der Waals surface area contributed by atoms with Crippen LogP contribution in [0.3, 0.4) is 0 Å². The van der Waals surface area contributed by atoms with E-state index in [4.69, 9.17) is 5.73 Å². The van der Waals surface area contributed by atoms with Crippen LogP contribution in [0.2, 0.25) is 0 Å². The number of likely N-dealkylation sites (N-methyl/N-ethyl adjacent to an activating group) is 1. The molecule has 2 nitrogen and oxygen atoms in total. The van der Waals surface area contributed by atoms with E-state index in [9.17, 15) is 0 Å². The minimum Gasteiger partial charge on any atom is -0.327 e. The largest absolute Gasteiger partial charge is 0.327 e. The number of nitrogens with zero attached hydrogens (tertiary/aromatic N) is 1. The molecule has 1 aliphatic heterocycles. The quantitative estimate of drug-likeness (QED) is 0.721. The SMILES string of the molecule is CC(N)CN(C)C1CCSCC1. The van der Waals surface area contributed by atoms with Gasteiger partial charge in [0, 0.05) is 18.6 Å². The lowest BCUT2D eigenvalue weighted by Crippen LogP contribution is -2.41. The van der Waals surface area contributed by atoms with E-state index in [1.807, 2.05) is 0 Å². The number of hydrogen-bond donors (Lipinski definition) is 1. The van der Waals surface area contributed by atoms with Crippen LogP contribution in [0.25, 0.3) is 0 Å². The standard InChI is InChI=1S/C9H20N2S/c1-8(10)7-11(2)9-3-5-12-6-4-9/h8-9H,3-7,10H2,1-2H3. The average molecular weight is 188 g/mol. The third-order valence-electron chi connectivity index (χ3n) is 2.39. The van der Waals surface area contributed by atoms with Gasteiger partial charge in [0.1, 0.15) is 0 Å². The van der Waals surface area contributed by atoms with Crippen LogP contribution in [-0.2, 0) is 0 Å². The third-order valence-corrected chi connectivity index (χ3v) is 3.44. The second-order valence-electron chi connectivity index (χ2n) is 3.76. The topological polar surface area (TPSA) is 29.3 Å². The van der Waals surface area contributed by atoms with E-state index in [0.717, 1.165) is 12.6 Å². The highest BCUT2D eigenvalue weighted by Gasteiger charge is 2.18. The molecule has 0 aromatic carbocycles. The zero-order valence-electron chi connectivity index (χ0n) is 8.12. The summed E-state index contributed by atoms with van der Waals surface area (Å²) in [5, 5.41) is 0. The van der Waals surface area contributed by atoms with Gasteiger partial charge in [0.25, 0.3) is 0 Å². The van der Waals surface area contributed by atoms with E-state index in [2.05, 4.69) is 30.6 Å². The summed E-state index contributed by atoms with van der Waals surface area (Å²) in [5.74, 6) is 2.65. The maximum absolute atomic E-state index is 5.75. The van der Waals surface area contributed by atoms with Crippen molar-refractivity contribution in [3.63, 3.8) is 0 Å². The summed E-state index contributed by atoms with van der Waals surface area (Å²) in [7, 11) is 2.20. The Labute approximate surface area is 79.9 Å². The first-order chi connectivity index (χ1) is 5.70. The van der Waals surface area contributed by atoms with Gasteiger partial charge in [-0.15, -0.1) is 0 Å². The molecule has 0 bridgehead atoms. The number of rotatable bonds is 3. The van der Waals surface area contributed by atoms with Crippen molar-refractivity contribution in [2.75, 3.05) is 25.1 Å². The van der Waals surface area contributed by atoms with E-state index in [-0.39, 0.29) is 0 Å². The van der Waals surface area contributed by atoms with Gasteiger partial charge in [-0.3, -0.25) is 0 Å². The summed E-state index contributed by atoms with van der Waals surface area (Å²) in [6, 6.07) is 1.10. The number of hydrogen-bond acceptors (Lipinski definition) is 3. The highest BCUT2D eigenvalue weighted by molar-refractivity contribution is 7.99. The van der Waals surface area contributed by atoms with Crippen molar-refractivity contribution < 1.29 is 0 Å². The van der Waals surface area contributed by atoms with Crippen molar-refractivity contribution in [3.8, 4) is 0 Å². The summed E-state index contributed by atoms with van der Waals surface area (Å²) < 4.78 is 0. The second-order valence-corrected chi connectivity index (χ2v) is 4.99. The van der Waals surface area contributed by atoms with Crippen LogP contribution in [0.5, 0.6) is 0 Å². The van der Waals surface area contributed by atoms with E-state index < -0.39 is 0 Å². The molecule has 0 amide bonds. The normalized spacial score (nSPS) is 23.0. The van der Waals surface area contributed by atoms with Gasteiger partial charge in [-0.05, 0) is 38.3 Å². The molecular formula is C9H20N2S. The summed E-state index contributed by atoms with van der Waals surface area (Å²) >= 11 is 2.08. The molecule has 0 radical (unpaired) electrons. The van der Waals surface area contributed by atoms with Crippen LogP contribution in [0, 0.1) is 0 Å². The van der Waals surface area contributed by atoms with Gasteiger partial charge in [-0.2, -0.15) is 11.8 Å². The van der Waals surface area contributed by atoms with Gasteiger partial charge in [0.2, 0.25) is 0 Å². The maximum atomic E-state index is 5.75. The van der Waals surface area contributed by atoms with Gasteiger partial charge in [-0.1, -0.05) is 0 Å². The molecule has 3 heteroatoms.